The second-order valence-corrected chi connectivity index (χ2v) is 4.39. The zero-order valence-corrected chi connectivity index (χ0v) is 10.8. The predicted molar refractivity (Wildman–Crippen MR) is 70.6 cm³/mol. The molecule has 2 aromatic carbocycles. The van der Waals surface area contributed by atoms with Gasteiger partial charge in [-0.15, -0.1) is 0 Å². The predicted octanol–water partition coefficient (Wildman–Crippen LogP) is 3.91. The van der Waals surface area contributed by atoms with Gasteiger partial charge in [-0.2, -0.15) is 0 Å². The van der Waals surface area contributed by atoms with Gasteiger partial charge in [0.15, 0.2) is 11.6 Å². The molecule has 0 bridgehead atoms. The first-order chi connectivity index (χ1) is 9.10. The van der Waals surface area contributed by atoms with Crippen molar-refractivity contribution in [3.05, 3.63) is 58.6 Å². The van der Waals surface area contributed by atoms with Gasteiger partial charge >= 0.3 is 0 Å². The number of hydrogen-bond acceptors (Lipinski definition) is 2. The lowest BCUT2D eigenvalue weighted by Crippen LogP contribution is -2.03. The zero-order valence-electron chi connectivity index (χ0n) is 10.00. The summed E-state index contributed by atoms with van der Waals surface area (Å²) < 4.78 is 32.3. The Labute approximate surface area is 114 Å². The summed E-state index contributed by atoms with van der Waals surface area (Å²) in [5, 5.41) is -0.00823. The summed E-state index contributed by atoms with van der Waals surface area (Å²) in [5.74, 6) is -0.907. The molecule has 0 aliphatic rings. The lowest BCUT2D eigenvalue weighted by molar-refractivity contribution is 0.438. The highest BCUT2D eigenvalue weighted by Gasteiger charge is 2.08. The van der Waals surface area contributed by atoms with Crippen LogP contribution in [0.15, 0.2) is 36.4 Å². The van der Waals surface area contributed by atoms with E-state index in [4.69, 9.17) is 22.1 Å². The Bertz CT molecular complexity index is 590. The standard InChI is InChI=1S/C14H12ClF2NO/c15-11-3-2-10(8-12(11)16)19-14-4-1-9(5-6-18)7-13(14)17/h1-4,7-8H,5-6,18H2. The molecule has 0 aliphatic heterocycles. The largest absolute Gasteiger partial charge is 0.454 e. The smallest absolute Gasteiger partial charge is 0.165 e. The first kappa shape index (κ1) is 13.8. The summed E-state index contributed by atoms with van der Waals surface area (Å²) in [7, 11) is 0. The number of halogens is 3. The molecule has 0 saturated carbocycles. The fraction of sp³-hybridized carbons (Fsp3) is 0.143. The Morgan fingerprint density at radius 2 is 1.84 bits per heavy atom. The van der Waals surface area contributed by atoms with Crippen molar-refractivity contribution in [2.75, 3.05) is 6.54 Å². The molecular formula is C14H12ClF2NO. The number of nitrogens with two attached hydrogens (primary N) is 1. The van der Waals surface area contributed by atoms with Gasteiger partial charge in [0.25, 0.3) is 0 Å². The molecule has 0 aliphatic carbocycles. The maximum absolute atomic E-state index is 13.8. The minimum absolute atomic E-state index is 0.00823. The summed E-state index contributed by atoms with van der Waals surface area (Å²) in [6.45, 7) is 0.446. The third-order valence-electron chi connectivity index (χ3n) is 2.55. The highest BCUT2D eigenvalue weighted by molar-refractivity contribution is 6.30. The third-order valence-corrected chi connectivity index (χ3v) is 2.85. The van der Waals surface area contributed by atoms with Gasteiger partial charge in [0.1, 0.15) is 11.6 Å². The van der Waals surface area contributed by atoms with Gasteiger partial charge in [0, 0.05) is 6.07 Å². The summed E-state index contributed by atoms with van der Waals surface area (Å²) >= 11 is 5.55. The fourth-order valence-corrected chi connectivity index (χ4v) is 1.73. The molecule has 0 aromatic heterocycles. The Kier molecular flexibility index (Phi) is 4.35. The van der Waals surface area contributed by atoms with E-state index in [-0.39, 0.29) is 16.5 Å². The minimum atomic E-state index is -0.612. The van der Waals surface area contributed by atoms with Gasteiger partial charge in [-0.05, 0) is 42.8 Å². The van der Waals surface area contributed by atoms with Gasteiger partial charge in [-0.3, -0.25) is 0 Å². The Hall–Kier alpha value is -1.65. The summed E-state index contributed by atoms with van der Waals surface area (Å²) in [4.78, 5) is 0. The van der Waals surface area contributed by atoms with Crippen molar-refractivity contribution in [3.8, 4) is 11.5 Å². The van der Waals surface area contributed by atoms with Gasteiger partial charge in [-0.1, -0.05) is 17.7 Å². The van der Waals surface area contributed by atoms with Crippen LogP contribution < -0.4 is 10.5 Å². The van der Waals surface area contributed by atoms with E-state index in [9.17, 15) is 8.78 Å². The van der Waals surface area contributed by atoms with Crippen LogP contribution in [0, 0.1) is 11.6 Å². The lowest BCUT2D eigenvalue weighted by atomic mass is 10.1. The topological polar surface area (TPSA) is 35.2 Å². The molecular weight excluding hydrogens is 272 g/mol. The molecule has 0 heterocycles. The second kappa shape index (κ2) is 5.99. The van der Waals surface area contributed by atoms with Crippen LogP contribution in [0.25, 0.3) is 0 Å². The molecule has 2 nitrogen and oxygen atoms in total. The first-order valence-electron chi connectivity index (χ1n) is 5.71. The lowest BCUT2D eigenvalue weighted by Gasteiger charge is -2.08. The van der Waals surface area contributed by atoms with E-state index in [0.29, 0.717) is 13.0 Å². The van der Waals surface area contributed by atoms with Crippen LogP contribution in [0.3, 0.4) is 0 Å². The monoisotopic (exact) mass is 283 g/mol. The maximum Gasteiger partial charge on any atom is 0.165 e. The van der Waals surface area contributed by atoms with Crippen molar-refractivity contribution in [1.82, 2.24) is 0 Å². The van der Waals surface area contributed by atoms with E-state index in [1.54, 1.807) is 6.07 Å². The van der Waals surface area contributed by atoms with Crippen molar-refractivity contribution in [1.29, 1.82) is 0 Å². The summed E-state index contributed by atoms with van der Waals surface area (Å²) in [6, 6.07) is 8.50. The highest BCUT2D eigenvalue weighted by atomic mass is 35.5. The summed E-state index contributed by atoms with van der Waals surface area (Å²) in [6.07, 6.45) is 0.590. The molecule has 0 unspecified atom stereocenters. The second-order valence-electron chi connectivity index (χ2n) is 3.98. The average Bonchev–Trinajstić information content (AvgIpc) is 2.37. The van der Waals surface area contributed by atoms with Crippen LogP contribution in [0.5, 0.6) is 11.5 Å². The van der Waals surface area contributed by atoms with Crippen molar-refractivity contribution in [2.24, 2.45) is 5.73 Å². The van der Waals surface area contributed by atoms with E-state index < -0.39 is 11.6 Å². The molecule has 2 N–H and O–H groups in total. The molecule has 0 spiro atoms. The van der Waals surface area contributed by atoms with Crippen molar-refractivity contribution in [2.45, 2.75) is 6.42 Å². The molecule has 5 heteroatoms. The van der Waals surface area contributed by atoms with E-state index in [1.165, 1.54) is 24.3 Å². The Morgan fingerprint density at radius 1 is 1.05 bits per heavy atom. The van der Waals surface area contributed by atoms with Crippen molar-refractivity contribution >= 4 is 11.6 Å². The van der Waals surface area contributed by atoms with Crippen molar-refractivity contribution in [3.63, 3.8) is 0 Å². The van der Waals surface area contributed by atoms with Gasteiger partial charge in [0.2, 0.25) is 0 Å². The van der Waals surface area contributed by atoms with E-state index in [0.717, 1.165) is 11.6 Å². The number of rotatable bonds is 4. The molecule has 2 rings (SSSR count). The molecule has 19 heavy (non-hydrogen) atoms. The molecule has 2 aromatic rings. The first-order valence-corrected chi connectivity index (χ1v) is 6.09. The fourth-order valence-electron chi connectivity index (χ4n) is 1.62. The molecule has 0 radical (unpaired) electrons. The average molecular weight is 284 g/mol. The van der Waals surface area contributed by atoms with Crippen LogP contribution in [0.2, 0.25) is 5.02 Å². The van der Waals surface area contributed by atoms with Crippen LogP contribution in [0.1, 0.15) is 5.56 Å². The Balaban J connectivity index is 2.20. The van der Waals surface area contributed by atoms with E-state index >= 15 is 0 Å². The highest BCUT2D eigenvalue weighted by Crippen LogP contribution is 2.27. The molecule has 0 fully saturated rings. The third kappa shape index (κ3) is 3.43. The van der Waals surface area contributed by atoms with E-state index in [1.807, 2.05) is 0 Å². The zero-order chi connectivity index (χ0) is 13.8. The van der Waals surface area contributed by atoms with Crippen LogP contribution >= 0.6 is 11.6 Å². The quantitative estimate of drug-likeness (QED) is 0.923. The molecule has 0 atom stereocenters. The SMILES string of the molecule is NCCc1ccc(Oc2ccc(Cl)c(F)c2)c(F)c1. The minimum Gasteiger partial charge on any atom is -0.454 e. The van der Waals surface area contributed by atoms with Crippen molar-refractivity contribution < 1.29 is 13.5 Å². The number of hydrogen-bond donors (Lipinski definition) is 1. The van der Waals surface area contributed by atoms with Crippen LogP contribution in [-0.2, 0) is 6.42 Å². The number of benzene rings is 2. The normalized spacial score (nSPS) is 10.5. The molecule has 100 valence electrons. The van der Waals surface area contributed by atoms with Gasteiger partial charge in [-0.25, -0.2) is 8.78 Å². The maximum atomic E-state index is 13.8. The van der Waals surface area contributed by atoms with Gasteiger partial charge in [0.05, 0.1) is 5.02 Å². The van der Waals surface area contributed by atoms with Crippen LogP contribution in [-0.4, -0.2) is 6.54 Å². The van der Waals surface area contributed by atoms with E-state index in [2.05, 4.69) is 0 Å². The summed E-state index contributed by atoms with van der Waals surface area (Å²) in [5.41, 5.74) is 6.18. The molecule has 0 amide bonds. The Morgan fingerprint density at radius 3 is 2.47 bits per heavy atom. The molecule has 0 saturated heterocycles. The van der Waals surface area contributed by atoms with Gasteiger partial charge < -0.3 is 10.5 Å². The van der Waals surface area contributed by atoms with Crippen LogP contribution in [0.4, 0.5) is 8.78 Å². The number of ether oxygens (including phenoxy) is 1.